The van der Waals surface area contributed by atoms with E-state index in [2.05, 4.69) is 26.3 Å². The first-order valence-corrected chi connectivity index (χ1v) is 7.63. The van der Waals surface area contributed by atoms with Crippen molar-refractivity contribution in [2.75, 3.05) is 6.54 Å². The van der Waals surface area contributed by atoms with E-state index in [1.807, 2.05) is 43.1 Å². The maximum absolute atomic E-state index is 14.1. The molecule has 108 valence electrons. The minimum Gasteiger partial charge on any atom is -0.310 e. The van der Waals surface area contributed by atoms with Gasteiger partial charge < -0.3 is 5.32 Å². The van der Waals surface area contributed by atoms with E-state index in [9.17, 15) is 4.39 Å². The molecule has 5 heteroatoms. The minimum absolute atomic E-state index is 0.0393. The van der Waals surface area contributed by atoms with E-state index >= 15 is 0 Å². The summed E-state index contributed by atoms with van der Waals surface area (Å²) in [5.74, 6) is -0.187. The molecular formula is C15H19BrFN3. The Morgan fingerprint density at radius 2 is 2.20 bits per heavy atom. The Morgan fingerprint density at radius 3 is 2.80 bits per heavy atom. The zero-order chi connectivity index (χ0) is 14.5. The van der Waals surface area contributed by atoms with Crippen LogP contribution in [-0.4, -0.2) is 16.3 Å². The van der Waals surface area contributed by atoms with E-state index in [-0.39, 0.29) is 11.9 Å². The summed E-state index contributed by atoms with van der Waals surface area (Å²) in [6.07, 6.45) is 4.60. The zero-order valence-corrected chi connectivity index (χ0v) is 13.3. The Bertz CT molecular complexity index is 568. The molecule has 0 amide bonds. The average molecular weight is 340 g/mol. The van der Waals surface area contributed by atoms with Gasteiger partial charge in [-0.1, -0.05) is 28.9 Å². The number of aryl methyl sites for hydroxylation is 1. The maximum atomic E-state index is 14.1. The Balaban J connectivity index is 2.21. The minimum atomic E-state index is -0.187. The number of nitrogens with one attached hydrogen (secondary N) is 1. The molecule has 1 aromatic heterocycles. The third-order valence-corrected chi connectivity index (χ3v) is 3.73. The maximum Gasteiger partial charge on any atom is 0.129 e. The highest BCUT2D eigenvalue weighted by Crippen LogP contribution is 2.24. The predicted molar refractivity (Wildman–Crippen MR) is 82.1 cm³/mol. The van der Waals surface area contributed by atoms with Crippen molar-refractivity contribution in [3.05, 3.63) is 52.0 Å². The average Bonchev–Trinajstić information content (AvgIpc) is 2.86. The Morgan fingerprint density at radius 1 is 1.40 bits per heavy atom. The second-order valence-corrected chi connectivity index (χ2v) is 5.60. The fourth-order valence-corrected chi connectivity index (χ4v) is 2.58. The van der Waals surface area contributed by atoms with Crippen LogP contribution in [0.15, 0.2) is 35.1 Å². The monoisotopic (exact) mass is 339 g/mol. The number of nitrogens with zero attached hydrogens (tertiary/aromatic N) is 2. The van der Waals surface area contributed by atoms with Gasteiger partial charge in [0.15, 0.2) is 0 Å². The first-order valence-electron chi connectivity index (χ1n) is 6.83. The van der Waals surface area contributed by atoms with Crippen LogP contribution in [-0.2, 0) is 13.0 Å². The molecule has 0 fully saturated rings. The Hall–Kier alpha value is -1.20. The third kappa shape index (κ3) is 3.67. The second kappa shape index (κ2) is 6.99. The normalized spacial score (nSPS) is 12.6. The summed E-state index contributed by atoms with van der Waals surface area (Å²) >= 11 is 3.29. The quantitative estimate of drug-likeness (QED) is 0.869. The number of hydrogen-bond donors (Lipinski definition) is 1. The fourth-order valence-electron chi connectivity index (χ4n) is 2.24. The molecule has 1 heterocycles. The van der Waals surface area contributed by atoms with Gasteiger partial charge in [-0.2, -0.15) is 5.10 Å². The van der Waals surface area contributed by atoms with Crippen molar-refractivity contribution < 1.29 is 4.39 Å². The van der Waals surface area contributed by atoms with Crippen LogP contribution in [0.3, 0.4) is 0 Å². The number of halogens is 2. The smallest absolute Gasteiger partial charge is 0.129 e. The lowest BCUT2D eigenvalue weighted by molar-refractivity contribution is 0.509. The van der Waals surface area contributed by atoms with Crippen molar-refractivity contribution in [1.29, 1.82) is 0 Å². The molecule has 1 atom stereocenters. The Labute approximate surface area is 127 Å². The van der Waals surface area contributed by atoms with Gasteiger partial charge in [0.2, 0.25) is 0 Å². The first kappa shape index (κ1) is 15.2. The van der Waals surface area contributed by atoms with Crippen LogP contribution in [0.25, 0.3) is 0 Å². The van der Waals surface area contributed by atoms with E-state index in [4.69, 9.17) is 0 Å². The van der Waals surface area contributed by atoms with Gasteiger partial charge in [0.25, 0.3) is 0 Å². The van der Waals surface area contributed by atoms with E-state index in [0.29, 0.717) is 5.56 Å². The molecule has 1 unspecified atom stereocenters. The van der Waals surface area contributed by atoms with Crippen LogP contribution in [0.4, 0.5) is 4.39 Å². The molecule has 0 bridgehead atoms. The van der Waals surface area contributed by atoms with Gasteiger partial charge in [0.1, 0.15) is 5.82 Å². The lowest BCUT2D eigenvalue weighted by Gasteiger charge is -2.18. The topological polar surface area (TPSA) is 29.9 Å². The van der Waals surface area contributed by atoms with Crippen LogP contribution < -0.4 is 5.32 Å². The number of rotatable bonds is 6. The van der Waals surface area contributed by atoms with Crippen molar-refractivity contribution in [2.45, 2.75) is 32.9 Å². The van der Waals surface area contributed by atoms with Crippen molar-refractivity contribution in [3.8, 4) is 0 Å². The lowest BCUT2D eigenvalue weighted by Crippen LogP contribution is -2.23. The molecule has 0 radical (unpaired) electrons. The molecule has 2 rings (SSSR count). The van der Waals surface area contributed by atoms with Gasteiger partial charge in [-0.3, -0.25) is 4.68 Å². The highest BCUT2D eigenvalue weighted by Gasteiger charge is 2.16. The predicted octanol–water partition coefficient (Wildman–Crippen LogP) is 3.70. The summed E-state index contributed by atoms with van der Waals surface area (Å²) < 4.78 is 16.7. The fraction of sp³-hybridized carbons (Fsp3) is 0.400. The summed E-state index contributed by atoms with van der Waals surface area (Å²) in [5, 5.41) is 7.61. The lowest BCUT2D eigenvalue weighted by atomic mass is 10.00. The van der Waals surface area contributed by atoms with E-state index in [1.165, 1.54) is 6.07 Å². The molecule has 0 spiro atoms. The highest BCUT2D eigenvalue weighted by atomic mass is 79.9. The molecule has 1 N–H and O–H groups in total. The molecule has 1 aromatic carbocycles. The summed E-state index contributed by atoms with van der Waals surface area (Å²) in [7, 11) is 0. The van der Waals surface area contributed by atoms with E-state index < -0.39 is 0 Å². The second-order valence-electron chi connectivity index (χ2n) is 4.68. The van der Waals surface area contributed by atoms with Gasteiger partial charge in [0, 0.05) is 28.8 Å². The summed E-state index contributed by atoms with van der Waals surface area (Å²) in [6, 6.07) is 5.17. The largest absolute Gasteiger partial charge is 0.310 e. The van der Waals surface area contributed by atoms with Crippen LogP contribution in [0, 0.1) is 5.82 Å². The molecule has 0 aliphatic rings. The van der Waals surface area contributed by atoms with Crippen molar-refractivity contribution >= 4 is 15.9 Å². The summed E-state index contributed by atoms with van der Waals surface area (Å²) in [5.41, 5.74) is 1.81. The Kier molecular flexibility index (Phi) is 5.31. The number of hydrogen-bond acceptors (Lipinski definition) is 2. The van der Waals surface area contributed by atoms with Gasteiger partial charge in [0.05, 0.1) is 6.20 Å². The molecule has 3 nitrogen and oxygen atoms in total. The van der Waals surface area contributed by atoms with Crippen molar-refractivity contribution in [1.82, 2.24) is 15.1 Å². The van der Waals surface area contributed by atoms with Gasteiger partial charge in [-0.15, -0.1) is 0 Å². The molecule has 20 heavy (non-hydrogen) atoms. The van der Waals surface area contributed by atoms with Gasteiger partial charge in [-0.05, 0) is 37.6 Å². The molecular weight excluding hydrogens is 321 g/mol. The highest BCUT2D eigenvalue weighted by molar-refractivity contribution is 9.10. The molecule has 0 aliphatic carbocycles. The van der Waals surface area contributed by atoms with Crippen LogP contribution in [0.2, 0.25) is 0 Å². The molecule has 2 aromatic rings. The van der Waals surface area contributed by atoms with Crippen LogP contribution in [0.1, 0.15) is 31.0 Å². The molecule has 0 aliphatic heterocycles. The van der Waals surface area contributed by atoms with E-state index in [1.54, 1.807) is 0 Å². The first-order chi connectivity index (χ1) is 9.63. The number of aromatic nitrogens is 2. The van der Waals surface area contributed by atoms with Gasteiger partial charge >= 0.3 is 0 Å². The molecule has 0 saturated carbocycles. The van der Waals surface area contributed by atoms with Crippen molar-refractivity contribution in [2.24, 2.45) is 0 Å². The summed E-state index contributed by atoms with van der Waals surface area (Å²) in [6.45, 7) is 5.72. The van der Waals surface area contributed by atoms with Crippen LogP contribution >= 0.6 is 15.9 Å². The van der Waals surface area contributed by atoms with Gasteiger partial charge in [-0.25, -0.2) is 4.39 Å². The number of likely N-dealkylation sites (N-methyl/N-ethyl adjacent to an activating group) is 1. The third-order valence-electron chi connectivity index (χ3n) is 3.24. The SMILES string of the molecule is CCNC(Cc1cnn(CC)c1)c1ccc(Br)cc1F. The van der Waals surface area contributed by atoms with Crippen molar-refractivity contribution in [3.63, 3.8) is 0 Å². The zero-order valence-electron chi connectivity index (χ0n) is 11.7. The van der Waals surface area contributed by atoms with E-state index in [0.717, 1.165) is 29.5 Å². The summed E-state index contributed by atoms with van der Waals surface area (Å²) in [4.78, 5) is 0. The molecule has 0 saturated heterocycles. The van der Waals surface area contributed by atoms with Crippen LogP contribution in [0.5, 0.6) is 0 Å². The standard InChI is InChI=1S/C15H19BrFN3/c1-3-18-15(7-11-9-19-20(4-2)10-11)13-6-5-12(16)8-14(13)17/h5-6,8-10,15,18H,3-4,7H2,1-2H3. The number of benzene rings is 1.